The first-order valence-electron chi connectivity index (χ1n) is 4.66. The lowest BCUT2D eigenvalue weighted by Crippen LogP contribution is -2.01. The fourth-order valence-electron chi connectivity index (χ4n) is 1.10. The lowest BCUT2D eigenvalue weighted by molar-refractivity contribution is -0.135. The Balaban J connectivity index is 3.01. The summed E-state index contributed by atoms with van der Waals surface area (Å²) < 4.78 is 4.51. The smallest absolute Gasteiger partial charge is 0.337 e. The fourth-order valence-corrected chi connectivity index (χ4v) is 1.10. The Kier molecular flexibility index (Phi) is 4.12. The molecule has 5 nitrogen and oxygen atoms in total. The van der Waals surface area contributed by atoms with Crippen LogP contribution in [0.2, 0.25) is 0 Å². The van der Waals surface area contributed by atoms with Crippen molar-refractivity contribution in [2.45, 2.75) is 6.42 Å². The number of phenolic OH excluding ortho intramolecular Hbond substituents is 1. The number of hydrogen-bond donors (Lipinski definition) is 2. The summed E-state index contributed by atoms with van der Waals surface area (Å²) in [5.41, 5.74) is 0.430. The standard InChI is InChI=1S/C12H10O5/c1-17-12(16)9-5-6-10(13)8(7-9)3-2-4-11(14)15/h5-7,13H,4H2,1H3,(H,14,15). The first kappa shape index (κ1) is 12.6. The van der Waals surface area contributed by atoms with E-state index in [9.17, 15) is 14.7 Å². The van der Waals surface area contributed by atoms with Crippen molar-refractivity contribution in [2.24, 2.45) is 0 Å². The zero-order chi connectivity index (χ0) is 12.8. The highest BCUT2D eigenvalue weighted by Gasteiger charge is 2.07. The quantitative estimate of drug-likeness (QED) is 0.589. The Hall–Kier alpha value is -2.48. The normalized spacial score (nSPS) is 9.00. The molecule has 17 heavy (non-hydrogen) atoms. The number of phenols is 1. The molecule has 1 aromatic carbocycles. The van der Waals surface area contributed by atoms with Gasteiger partial charge >= 0.3 is 11.9 Å². The van der Waals surface area contributed by atoms with Crippen molar-refractivity contribution in [1.29, 1.82) is 0 Å². The Morgan fingerprint density at radius 2 is 2.12 bits per heavy atom. The number of aliphatic carboxylic acids is 1. The van der Waals surface area contributed by atoms with E-state index in [1.165, 1.54) is 25.3 Å². The number of rotatable bonds is 2. The highest BCUT2D eigenvalue weighted by molar-refractivity contribution is 5.90. The summed E-state index contributed by atoms with van der Waals surface area (Å²) in [7, 11) is 1.24. The molecule has 0 heterocycles. The van der Waals surface area contributed by atoms with Crippen molar-refractivity contribution in [3.8, 4) is 17.6 Å². The van der Waals surface area contributed by atoms with Gasteiger partial charge in [-0.3, -0.25) is 4.79 Å². The minimum absolute atomic E-state index is 0.115. The number of carbonyl (C=O) groups is 2. The number of ether oxygens (including phenoxy) is 1. The van der Waals surface area contributed by atoms with Crippen molar-refractivity contribution in [2.75, 3.05) is 7.11 Å². The summed E-state index contributed by atoms with van der Waals surface area (Å²) in [6.45, 7) is 0. The third-order valence-electron chi connectivity index (χ3n) is 1.88. The van der Waals surface area contributed by atoms with Crippen LogP contribution >= 0.6 is 0 Å². The Bertz CT molecular complexity index is 507. The van der Waals surface area contributed by atoms with Crippen molar-refractivity contribution >= 4 is 11.9 Å². The highest BCUT2D eigenvalue weighted by Crippen LogP contribution is 2.17. The van der Waals surface area contributed by atoms with Gasteiger partial charge in [0, 0.05) is 0 Å². The number of esters is 1. The summed E-state index contributed by atoms with van der Waals surface area (Å²) in [5, 5.41) is 17.9. The second kappa shape index (κ2) is 5.56. The largest absolute Gasteiger partial charge is 0.507 e. The van der Waals surface area contributed by atoms with Gasteiger partial charge in [-0.2, -0.15) is 0 Å². The molecular weight excluding hydrogens is 224 g/mol. The second-order valence-corrected chi connectivity index (χ2v) is 3.10. The molecule has 0 radical (unpaired) electrons. The first-order chi connectivity index (χ1) is 8.04. The average molecular weight is 234 g/mol. The lowest BCUT2D eigenvalue weighted by Gasteiger charge is -2.01. The van der Waals surface area contributed by atoms with E-state index in [1.54, 1.807) is 0 Å². The third-order valence-corrected chi connectivity index (χ3v) is 1.88. The number of hydrogen-bond acceptors (Lipinski definition) is 4. The van der Waals surface area contributed by atoms with Crippen molar-refractivity contribution in [1.82, 2.24) is 0 Å². The van der Waals surface area contributed by atoms with Crippen LogP contribution in [0.4, 0.5) is 0 Å². The molecule has 0 aliphatic carbocycles. The molecule has 2 N–H and O–H groups in total. The van der Waals surface area contributed by atoms with Gasteiger partial charge in [-0.05, 0) is 18.2 Å². The van der Waals surface area contributed by atoms with E-state index in [1.807, 2.05) is 0 Å². The van der Waals surface area contributed by atoms with Gasteiger partial charge in [0.25, 0.3) is 0 Å². The van der Waals surface area contributed by atoms with E-state index in [0.29, 0.717) is 0 Å². The molecule has 0 fully saturated rings. The number of carbonyl (C=O) groups excluding carboxylic acids is 1. The molecule has 0 spiro atoms. The zero-order valence-electron chi connectivity index (χ0n) is 9.06. The molecule has 5 heteroatoms. The van der Waals surface area contributed by atoms with Gasteiger partial charge in [-0.1, -0.05) is 11.8 Å². The van der Waals surface area contributed by atoms with Crippen molar-refractivity contribution in [3.05, 3.63) is 29.3 Å². The summed E-state index contributed by atoms with van der Waals surface area (Å²) in [6, 6.07) is 4.04. The summed E-state index contributed by atoms with van der Waals surface area (Å²) in [6.07, 6.45) is -0.331. The zero-order valence-corrected chi connectivity index (χ0v) is 9.06. The molecule has 0 atom stereocenters. The molecule has 0 aliphatic heterocycles. The van der Waals surface area contributed by atoms with Crippen LogP contribution in [0.15, 0.2) is 18.2 Å². The van der Waals surface area contributed by atoms with Crippen LogP contribution in [0.5, 0.6) is 5.75 Å². The summed E-state index contributed by atoms with van der Waals surface area (Å²) in [5.74, 6) is 3.12. The van der Waals surface area contributed by atoms with Crippen molar-refractivity contribution in [3.63, 3.8) is 0 Å². The predicted molar refractivity (Wildman–Crippen MR) is 58.6 cm³/mol. The maximum absolute atomic E-state index is 11.2. The highest BCUT2D eigenvalue weighted by atomic mass is 16.5. The van der Waals surface area contributed by atoms with E-state index >= 15 is 0 Å². The van der Waals surface area contributed by atoms with Gasteiger partial charge in [0.05, 0.1) is 18.2 Å². The van der Waals surface area contributed by atoms with Crippen LogP contribution in [0.25, 0.3) is 0 Å². The number of methoxy groups -OCH3 is 1. The van der Waals surface area contributed by atoms with Crippen LogP contribution in [-0.4, -0.2) is 29.3 Å². The van der Waals surface area contributed by atoms with Gasteiger partial charge in [0.1, 0.15) is 12.2 Å². The Morgan fingerprint density at radius 3 is 2.71 bits per heavy atom. The molecule has 1 rings (SSSR count). The molecule has 0 bridgehead atoms. The van der Waals surface area contributed by atoms with Gasteiger partial charge < -0.3 is 14.9 Å². The molecule has 0 unspecified atom stereocenters. The van der Waals surface area contributed by atoms with Gasteiger partial charge in [-0.15, -0.1) is 0 Å². The first-order valence-corrected chi connectivity index (χ1v) is 4.66. The molecule has 88 valence electrons. The number of carboxylic acids is 1. The van der Waals surface area contributed by atoms with Gasteiger partial charge in [-0.25, -0.2) is 4.79 Å². The maximum Gasteiger partial charge on any atom is 0.337 e. The van der Waals surface area contributed by atoms with E-state index in [0.717, 1.165) is 0 Å². The average Bonchev–Trinajstić information content (AvgIpc) is 2.30. The molecule has 0 aromatic heterocycles. The number of carboxylic acid groups (broad SMARTS) is 1. The SMILES string of the molecule is COC(=O)c1ccc(O)c(C#CCC(=O)O)c1. The summed E-state index contributed by atoms with van der Waals surface area (Å²) >= 11 is 0. The van der Waals surface area contributed by atoms with Gasteiger partial charge in [0.2, 0.25) is 0 Å². The second-order valence-electron chi connectivity index (χ2n) is 3.10. The topological polar surface area (TPSA) is 83.8 Å². The molecule has 0 saturated carbocycles. The monoisotopic (exact) mass is 234 g/mol. The minimum Gasteiger partial charge on any atom is -0.507 e. The van der Waals surface area contributed by atoms with E-state index in [4.69, 9.17) is 5.11 Å². The molecule has 0 aliphatic rings. The van der Waals surface area contributed by atoms with Crippen molar-refractivity contribution < 1.29 is 24.5 Å². The van der Waals surface area contributed by atoms with Crippen LogP contribution in [0.1, 0.15) is 22.3 Å². The maximum atomic E-state index is 11.2. The van der Waals surface area contributed by atoms with Gasteiger partial charge in [0.15, 0.2) is 0 Å². The number of benzene rings is 1. The van der Waals surface area contributed by atoms with Crippen LogP contribution in [0, 0.1) is 11.8 Å². The van der Waals surface area contributed by atoms with Crippen LogP contribution < -0.4 is 0 Å². The summed E-state index contributed by atoms with van der Waals surface area (Å²) in [4.78, 5) is 21.5. The van der Waals surface area contributed by atoms with Crippen LogP contribution in [0.3, 0.4) is 0 Å². The molecular formula is C12H10O5. The van der Waals surface area contributed by atoms with E-state index in [2.05, 4.69) is 16.6 Å². The lowest BCUT2D eigenvalue weighted by atomic mass is 10.1. The number of aromatic hydroxyl groups is 1. The predicted octanol–water partition coefficient (Wildman–Crippen LogP) is 1.00. The Labute approximate surface area is 97.6 Å². The molecule has 0 saturated heterocycles. The Morgan fingerprint density at radius 1 is 1.41 bits per heavy atom. The fraction of sp³-hybridized carbons (Fsp3) is 0.167. The molecule has 0 amide bonds. The molecule has 1 aromatic rings. The van der Waals surface area contributed by atoms with Crippen LogP contribution in [-0.2, 0) is 9.53 Å². The minimum atomic E-state index is -1.05. The van der Waals surface area contributed by atoms with E-state index in [-0.39, 0.29) is 23.3 Å². The third kappa shape index (κ3) is 3.54. The van der Waals surface area contributed by atoms with E-state index < -0.39 is 11.9 Å².